The second-order valence-electron chi connectivity index (χ2n) is 4.03. The van der Waals surface area contributed by atoms with Crippen molar-refractivity contribution >= 4 is 34.1 Å². The molecular weight excluding hydrogens is 280 g/mol. The summed E-state index contributed by atoms with van der Waals surface area (Å²) in [4.78, 5) is 24.4. The molecule has 0 aromatic carbocycles. The van der Waals surface area contributed by atoms with Gasteiger partial charge in [-0.05, 0) is 26.8 Å². The molecule has 0 aliphatic carbocycles. The molecule has 100 valence electrons. The zero-order chi connectivity index (χ0) is 13.8. The van der Waals surface area contributed by atoms with E-state index in [-0.39, 0.29) is 5.91 Å². The van der Waals surface area contributed by atoms with Gasteiger partial charge < -0.3 is 5.32 Å². The lowest BCUT2D eigenvalue weighted by molar-refractivity contribution is -0.113. The van der Waals surface area contributed by atoms with Gasteiger partial charge in [-0.15, -0.1) is 11.3 Å². The van der Waals surface area contributed by atoms with Gasteiger partial charge in [0.2, 0.25) is 5.91 Å². The molecule has 2 heterocycles. The lowest BCUT2D eigenvalue weighted by Crippen LogP contribution is -2.14. The number of aryl methyl sites for hydroxylation is 3. The van der Waals surface area contributed by atoms with Crippen LogP contribution in [0.1, 0.15) is 17.2 Å². The predicted octanol–water partition coefficient (Wildman–Crippen LogP) is 2.59. The zero-order valence-corrected chi connectivity index (χ0v) is 12.6. The number of carbonyl (C=O) groups is 1. The summed E-state index contributed by atoms with van der Waals surface area (Å²) in [5, 5.41) is 6.12. The first-order valence-corrected chi connectivity index (χ1v) is 7.56. The Bertz CT molecular complexity index is 577. The maximum absolute atomic E-state index is 11.8. The molecule has 0 unspecified atom stereocenters. The summed E-state index contributed by atoms with van der Waals surface area (Å²) in [6, 6.07) is 1.87. The van der Waals surface area contributed by atoms with E-state index < -0.39 is 0 Å². The highest BCUT2D eigenvalue weighted by Crippen LogP contribution is 2.18. The van der Waals surface area contributed by atoms with Gasteiger partial charge in [-0.25, -0.2) is 15.0 Å². The molecule has 0 radical (unpaired) electrons. The highest BCUT2D eigenvalue weighted by molar-refractivity contribution is 7.99. The Hall–Kier alpha value is -1.47. The van der Waals surface area contributed by atoms with Crippen molar-refractivity contribution in [2.45, 2.75) is 25.8 Å². The van der Waals surface area contributed by atoms with E-state index in [1.54, 1.807) is 0 Å². The quantitative estimate of drug-likeness (QED) is 0.693. The number of carbonyl (C=O) groups excluding carboxylic acids is 1. The summed E-state index contributed by atoms with van der Waals surface area (Å²) in [5.41, 5.74) is 1.82. The van der Waals surface area contributed by atoms with Gasteiger partial charge in [-0.1, -0.05) is 11.8 Å². The average molecular weight is 294 g/mol. The number of hydrogen-bond donors (Lipinski definition) is 1. The van der Waals surface area contributed by atoms with Crippen molar-refractivity contribution in [2.24, 2.45) is 0 Å². The predicted molar refractivity (Wildman–Crippen MR) is 77.7 cm³/mol. The van der Waals surface area contributed by atoms with E-state index in [0.29, 0.717) is 10.9 Å². The lowest BCUT2D eigenvalue weighted by Gasteiger charge is -2.03. The molecule has 0 fully saturated rings. The number of aromatic nitrogens is 3. The highest BCUT2D eigenvalue weighted by Gasteiger charge is 2.07. The van der Waals surface area contributed by atoms with Crippen LogP contribution >= 0.6 is 23.1 Å². The van der Waals surface area contributed by atoms with Crippen LogP contribution in [0, 0.1) is 20.8 Å². The molecule has 0 saturated carbocycles. The molecule has 5 nitrogen and oxygen atoms in total. The molecule has 0 atom stereocenters. The number of amides is 1. The Morgan fingerprint density at radius 1 is 1.26 bits per heavy atom. The standard InChI is InChI=1S/C12H14N4OS2/c1-7-4-11(15-9(3)13-7)18-6-10(17)16-12-14-8(2)5-19-12/h4-5H,6H2,1-3H3,(H,14,16,17). The maximum atomic E-state index is 11.8. The van der Waals surface area contributed by atoms with Gasteiger partial charge in [-0.3, -0.25) is 4.79 Å². The van der Waals surface area contributed by atoms with E-state index in [9.17, 15) is 4.79 Å². The molecule has 0 aliphatic heterocycles. The van der Waals surface area contributed by atoms with Gasteiger partial charge in [-0.2, -0.15) is 0 Å². The minimum absolute atomic E-state index is 0.0757. The van der Waals surface area contributed by atoms with Crippen LogP contribution in [0.15, 0.2) is 16.5 Å². The first-order valence-electron chi connectivity index (χ1n) is 5.70. The van der Waals surface area contributed by atoms with Crippen molar-refractivity contribution in [3.63, 3.8) is 0 Å². The van der Waals surface area contributed by atoms with Crippen LogP contribution in [0.3, 0.4) is 0 Å². The van der Waals surface area contributed by atoms with E-state index in [1.807, 2.05) is 32.2 Å². The van der Waals surface area contributed by atoms with Gasteiger partial charge in [0.15, 0.2) is 5.13 Å². The Balaban J connectivity index is 1.89. The van der Waals surface area contributed by atoms with Crippen LogP contribution < -0.4 is 5.32 Å². The Labute approximate surface area is 119 Å². The molecule has 0 spiro atoms. The first kappa shape index (κ1) is 14.0. The third-order valence-corrected chi connectivity index (χ3v) is 3.95. The minimum atomic E-state index is -0.0757. The van der Waals surface area contributed by atoms with Crippen LogP contribution in [0.25, 0.3) is 0 Å². The summed E-state index contributed by atoms with van der Waals surface area (Å²) in [6.45, 7) is 5.65. The van der Waals surface area contributed by atoms with Crippen molar-refractivity contribution in [1.29, 1.82) is 0 Å². The van der Waals surface area contributed by atoms with Crippen molar-refractivity contribution < 1.29 is 4.79 Å². The average Bonchev–Trinajstić information content (AvgIpc) is 2.71. The Kier molecular flexibility index (Phi) is 4.49. The number of nitrogens with zero attached hydrogens (tertiary/aromatic N) is 3. The molecule has 19 heavy (non-hydrogen) atoms. The third-order valence-electron chi connectivity index (χ3n) is 2.16. The molecule has 0 aliphatic rings. The number of nitrogens with one attached hydrogen (secondary N) is 1. The third kappa shape index (κ3) is 4.29. The summed E-state index contributed by atoms with van der Waals surface area (Å²) in [7, 11) is 0. The van der Waals surface area contributed by atoms with Gasteiger partial charge in [0.1, 0.15) is 10.9 Å². The van der Waals surface area contributed by atoms with Crippen molar-refractivity contribution in [3.8, 4) is 0 Å². The molecular formula is C12H14N4OS2. The molecule has 2 aromatic rings. The van der Waals surface area contributed by atoms with Gasteiger partial charge in [0, 0.05) is 11.1 Å². The van der Waals surface area contributed by atoms with E-state index in [4.69, 9.17) is 0 Å². The molecule has 7 heteroatoms. The van der Waals surface area contributed by atoms with Gasteiger partial charge in [0.05, 0.1) is 11.4 Å². The summed E-state index contributed by atoms with van der Waals surface area (Å²) in [5.74, 6) is 0.959. The van der Waals surface area contributed by atoms with Crippen LogP contribution in [0.5, 0.6) is 0 Å². The van der Waals surface area contributed by atoms with Crippen molar-refractivity contribution in [3.05, 3.63) is 28.7 Å². The molecule has 2 rings (SSSR count). The fourth-order valence-electron chi connectivity index (χ4n) is 1.46. The Morgan fingerprint density at radius 3 is 2.68 bits per heavy atom. The maximum Gasteiger partial charge on any atom is 0.236 e. The minimum Gasteiger partial charge on any atom is -0.301 e. The first-order chi connectivity index (χ1) is 9.02. The van der Waals surface area contributed by atoms with Crippen LogP contribution in [-0.4, -0.2) is 26.6 Å². The normalized spacial score (nSPS) is 10.5. The van der Waals surface area contributed by atoms with Crippen LogP contribution in [0.4, 0.5) is 5.13 Å². The SMILES string of the molecule is Cc1cc(SCC(=O)Nc2nc(C)cs2)nc(C)n1. The summed E-state index contributed by atoms with van der Waals surface area (Å²) < 4.78 is 0. The number of anilines is 1. The summed E-state index contributed by atoms with van der Waals surface area (Å²) in [6.07, 6.45) is 0. The number of thiazole rings is 1. The second-order valence-corrected chi connectivity index (χ2v) is 5.88. The number of hydrogen-bond acceptors (Lipinski definition) is 6. The monoisotopic (exact) mass is 294 g/mol. The van der Waals surface area contributed by atoms with E-state index >= 15 is 0 Å². The number of thioether (sulfide) groups is 1. The highest BCUT2D eigenvalue weighted by atomic mass is 32.2. The van der Waals surface area contributed by atoms with Crippen molar-refractivity contribution in [2.75, 3.05) is 11.1 Å². The topological polar surface area (TPSA) is 67.8 Å². The Morgan fingerprint density at radius 2 is 2.05 bits per heavy atom. The van der Waals surface area contributed by atoms with Gasteiger partial charge in [0.25, 0.3) is 0 Å². The van der Waals surface area contributed by atoms with Crippen LogP contribution in [-0.2, 0) is 4.79 Å². The van der Waals surface area contributed by atoms with Crippen molar-refractivity contribution in [1.82, 2.24) is 15.0 Å². The molecule has 1 N–H and O–H groups in total. The van der Waals surface area contributed by atoms with E-state index in [2.05, 4.69) is 20.3 Å². The molecule has 2 aromatic heterocycles. The molecule has 0 bridgehead atoms. The second kappa shape index (κ2) is 6.12. The fourth-order valence-corrected chi connectivity index (χ4v) is 2.97. The zero-order valence-electron chi connectivity index (χ0n) is 10.9. The molecule has 0 saturated heterocycles. The van der Waals surface area contributed by atoms with E-state index in [0.717, 1.165) is 22.2 Å². The molecule has 1 amide bonds. The van der Waals surface area contributed by atoms with E-state index in [1.165, 1.54) is 23.1 Å². The largest absolute Gasteiger partial charge is 0.301 e. The number of rotatable bonds is 4. The van der Waals surface area contributed by atoms with Crippen LogP contribution in [0.2, 0.25) is 0 Å². The smallest absolute Gasteiger partial charge is 0.236 e. The lowest BCUT2D eigenvalue weighted by atomic mass is 10.4. The summed E-state index contributed by atoms with van der Waals surface area (Å²) >= 11 is 2.82. The van der Waals surface area contributed by atoms with Gasteiger partial charge >= 0.3 is 0 Å². The fraction of sp³-hybridized carbons (Fsp3) is 0.333.